The zero-order valence-corrected chi connectivity index (χ0v) is 14.8. The minimum atomic E-state index is -0.318. The van der Waals surface area contributed by atoms with Crippen LogP contribution in [-0.2, 0) is 4.79 Å². The quantitative estimate of drug-likeness (QED) is 0.630. The number of nitrogens with zero attached hydrogens (tertiary/aromatic N) is 1. The van der Waals surface area contributed by atoms with Gasteiger partial charge in [0.25, 0.3) is 5.91 Å². The second-order valence-electron chi connectivity index (χ2n) is 6.52. The van der Waals surface area contributed by atoms with Crippen LogP contribution in [0.4, 0.5) is 5.69 Å². The topological polar surface area (TPSA) is 83.7 Å². The van der Waals surface area contributed by atoms with E-state index >= 15 is 0 Å². The molecular formula is C20H23N3O3. The van der Waals surface area contributed by atoms with Crippen LogP contribution >= 0.6 is 0 Å². The van der Waals surface area contributed by atoms with Crippen molar-refractivity contribution in [1.82, 2.24) is 5.43 Å². The number of hydrogen-bond acceptors (Lipinski definition) is 4. The lowest BCUT2D eigenvalue weighted by Gasteiger charge is -2.20. The van der Waals surface area contributed by atoms with Crippen LogP contribution in [0.3, 0.4) is 0 Å². The van der Waals surface area contributed by atoms with Gasteiger partial charge in [-0.25, -0.2) is 5.43 Å². The van der Waals surface area contributed by atoms with Gasteiger partial charge in [0, 0.05) is 17.2 Å². The number of hydrogen-bond donors (Lipinski definition) is 2. The van der Waals surface area contributed by atoms with Crippen molar-refractivity contribution in [2.24, 2.45) is 11.0 Å². The molecule has 26 heavy (non-hydrogen) atoms. The normalized spacial score (nSPS) is 15.5. The van der Waals surface area contributed by atoms with Crippen molar-refractivity contribution >= 4 is 23.2 Å². The highest BCUT2D eigenvalue weighted by Crippen LogP contribution is 2.25. The van der Waals surface area contributed by atoms with E-state index in [1.54, 1.807) is 49.6 Å². The highest BCUT2D eigenvalue weighted by Gasteiger charge is 2.21. The van der Waals surface area contributed by atoms with Crippen molar-refractivity contribution in [1.29, 1.82) is 0 Å². The lowest BCUT2D eigenvalue weighted by molar-refractivity contribution is -0.120. The fourth-order valence-corrected chi connectivity index (χ4v) is 3.05. The third kappa shape index (κ3) is 4.59. The summed E-state index contributed by atoms with van der Waals surface area (Å²) in [4.78, 5) is 24.4. The maximum Gasteiger partial charge on any atom is 0.271 e. The van der Waals surface area contributed by atoms with Crippen LogP contribution < -0.4 is 10.7 Å². The Kier molecular flexibility index (Phi) is 5.84. The molecule has 0 unspecified atom stereocenters. The molecule has 6 nitrogen and oxygen atoms in total. The molecule has 0 aliphatic heterocycles. The Morgan fingerprint density at radius 3 is 2.46 bits per heavy atom. The average Bonchev–Trinajstić information content (AvgIpc) is 3.22. The van der Waals surface area contributed by atoms with Gasteiger partial charge in [0.15, 0.2) is 0 Å². The van der Waals surface area contributed by atoms with E-state index in [0.717, 1.165) is 25.7 Å². The van der Waals surface area contributed by atoms with Crippen LogP contribution in [0.15, 0.2) is 52.2 Å². The van der Waals surface area contributed by atoms with Gasteiger partial charge in [-0.3, -0.25) is 9.59 Å². The van der Waals surface area contributed by atoms with Crippen molar-refractivity contribution in [2.75, 3.05) is 5.32 Å². The standard InChI is InChI=1S/C20H23N3O3/c1-14(18-8-5-13-26-18)22-23-20(25)16-9-11-17(12-10-16)21-19(24)15-6-3-2-4-7-15/h5,8-13,15H,2-4,6-7H2,1H3,(H,21,24)(H,23,25). The summed E-state index contributed by atoms with van der Waals surface area (Å²) in [6.45, 7) is 1.75. The largest absolute Gasteiger partial charge is 0.463 e. The second kappa shape index (κ2) is 8.47. The van der Waals surface area contributed by atoms with Crippen molar-refractivity contribution in [3.63, 3.8) is 0 Å². The van der Waals surface area contributed by atoms with Crippen molar-refractivity contribution < 1.29 is 14.0 Å². The van der Waals surface area contributed by atoms with Gasteiger partial charge >= 0.3 is 0 Å². The summed E-state index contributed by atoms with van der Waals surface area (Å²) in [5.74, 6) is 0.457. The van der Waals surface area contributed by atoms with Gasteiger partial charge in [0.05, 0.1) is 6.26 Å². The molecule has 1 aromatic carbocycles. The van der Waals surface area contributed by atoms with E-state index in [9.17, 15) is 9.59 Å². The molecule has 0 radical (unpaired) electrons. The molecule has 0 atom stereocenters. The van der Waals surface area contributed by atoms with E-state index in [1.165, 1.54) is 6.42 Å². The molecule has 2 N–H and O–H groups in total. The molecule has 0 spiro atoms. The van der Waals surface area contributed by atoms with Crippen molar-refractivity contribution in [3.8, 4) is 0 Å². The molecule has 2 aromatic rings. The van der Waals surface area contributed by atoms with Crippen LogP contribution in [0, 0.1) is 5.92 Å². The van der Waals surface area contributed by atoms with Gasteiger partial charge in [-0.2, -0.15) is 5.10 Å². The van der Waals surface area contributed by atoms with Crippen LogP contribution in [0.5, 0.6) is 0 Å². The molecule has 0 bridgehead atoms. The number of carbonyl (C=O) groups excluding carboxylic acids is 2. The Morgan fingerprint density at radius 2 is 1.81 bits per heavy atom. The fraction of sp³-hybridized carbons (Fsp3) is 0.350. The minimum absolute atomic E-state index is 0.0700. The Bertz CT molecular complexity index is 773. The minimum Gasteiger partial charge on any atom is -0.463 e. The molecule has 1 aliphatic carbocycles. The van der Waals surface area contributed by atoms with Crippen molar-refractivity contribution in [3.05, 3.63) is 54.0 Å². The molecule has 2 amide bonds. The molecule has 1 saturated carbocycles. The molecule has 0 saturated heterocycles. The van der Waals surface area contributed by atoms with Gasteiger partial charge in [0.2, 0.25) is 5.91 Å². The van der Waals surface area contributed by atoms with E-state index in [1.807, 2.05) is 0 Å². The number of rotatable bonds is 5. The van der Waals surface area contributed by atoms with Gasteiger partial charge in [-0.1, -0.05) is 19.3 Å². The highest BCUT2D eigenvalue weighted by molar-refractivity contribution is 5.99. The third-order valence-corrected chi connectivity index (χ3v) is 4.59. The van der Waals surface area contributed by atoms with E-state index in [0.29, 0.717) is 22.7 Å². The Labute approximate surface area is 152 Å². The summed E-state index contributed by atoms with van der Waals surface area (Å²) in [6, 6.07) is 10.3. The van der Waals surface area contributed by atoms with Crippen LogP contribution in [0.1, 0.15) is 55.1 Å². The predicted molar refractivity (Wildman–Crippen MR) is 100 cm³/mol. The highest BCUT2D eigenvalue weighted by atomic mass is 16.3. The maximum atomic E-state index is 12.3. The molecule has 3 rings (SSSR count). The van der Waals surface area contributed by atoms with Crippen LogP contribution in [0.25, 0.3) is 0 Å². The van der Waals surface area contributed by atoms with Crippen LogP contribution in [0.2, 0.25) is 0 Å². The summed E-state index contributed by atoms with van der Waals surface area (Å²) < 4.78 is 5.21. The summed E-state index contributed by atoms with van der Waals surface area (Å²) >= 11 is 0. The Balaban J connectivity index is 1.55. The predicted octanol–water partition coefficient (Wildman–Crippen LogP) is 3.95. The van der Waals surface area contributed by atoms with E-state index in [2.05, 4.69) is 15.8 Å². The van der Waals surface area contributed by atoms with E-state index in [-0.39, 0.29) is 17.7 Å². The summed E-state index contributed by atoms with van der Waals surface area (Å²) in [5.41, 5.74) is 4.25. The second-order valence-corrected chi connectivity index (χ2v) is 6.52. The molecule has 136 valence electrons. The molecule has 1 aliphatic rings. The first-order valence-corrected chi connectivity index (χ1v) is 8.93. The zero-order chi connectivity index (χ0) is 18.4. The monoisotopic (exact) mass is 353 g/mol. The molecule has 6 heteroatoms. The number of carbonyl (C=O) groups is 2. The van der Waals surface area contributed by atoms with Gasteiger partial charge in [0.1, 0.15) is 11.5 Å². The number of nitrogens with one attached hydrogen (secondary N) is 2. The number of amides is 2. The molecule has 1 fully saturated rings. The lowest BCUT2D eigenvalue weighted by atomic mass is 9.88. The van der Waals surface area contributed by atoms with Crippen molar-refractivity contribution in [2.45, 2.75) is 39.0 Å². The number of benzene rings is 1. The number of hydrazone groups is 1. The first-order valence-electron chi connectivity index (χ1n) is 8.93. The molecular weight excluding hydrogens is 330 g/mol. The molecule has 1 heterocycles. The first-order chi connectivity index (χ1) is 12.6. The third-order valence-electron chi connectivity index (χ3n) is 4.59. The fourth-order valence-electron chi connectivity index (χ4n) is 3.05. The smallest absolute Gasteiger partial charge is 0.271 e. The number of furan rings is 1. The van der Waals surface area contributed by atoms with Crippen LogP contribution in [-0.4, -0.2) is 17.5 Å². The van der Waals surface area contributed by atoms with Gasteiger partial charge < -0.3 is 9.73 Å². The van der Waals surface area contributed by atoms with Gasteiger partial charge in [-0.05, 0) is 56.2 Å². The summed E-state index contributed by atoms with van der Waals surface area (Å²) in [6.07, 6.45) is 6.93. The first kappa shape index (κ1) is 17.9. The Hall–Kier alpha value is -2.89. The van der Waals surface area contributed by atoms with E-state index in [4.69, 9.17) is 4.42 Å². The summed E-state index contributed by atoms with van der Waals surface area (Å²) in [7, 11) is 0. The lowest BCUT2D eigenvalue weighted by Crippen LogP contribution is -2.24. The van der Waals surface area contributed by atoms with E-state index < -0.39 is 0 Å². The zero-order valence-electron chi connectivity index (χ0n) is 14.8. The number of anilines is 1. The Morgan fingerprint density at radius 1 is 1.08 bits per heavy atom. The SMILES string of the molecule is CC(=NNC(=O)c1ccc(NC(=O)C2CCCCC2)cc1)c1ccco1. The maximum absolute atomic E-state index is 12.3. The summed E-state index contributed by atoms with van der Waals surface area (Å²) in [5, 5.41) is 6.96. The molecule has 1 aromatic heterocycles. The average molecular weight is 353 g/mol. The van der Waals surface area contributed by atoms with Gasteiger partial charge in [-0.15, -0.1) is 0 Å².